The first kappa shape index (κ1) is 31.8. The van der Waals surface area contributed by atoms with Crippen LogP contribution in [-0.4, -0.2) is 74.1 Å². The Morgan fingerprint density at radius 1 is 1.10 bits per heavy atom. The fourth-order valence-corrected chi connectivity index (χ4v) is 7.47. The third-order valence-electron chi connectivity index (χ3n) is 9.29. The van der Waals surface area contributed by atoms with E-state index in [1.807, 2.05) is 47.1 Å². The maximum absolute atomic E-state index is 13.6. The van der Waals surface area contributed by atoms with Crippen LogP contribution in [0.25, 0.3) is 28.0 Å². The van der Waals surface area contributed by atoms with Gasteiger partial charge in [0, 0.05) is 68.4 Å². The predicted molar refractivity (Wildman–Crippen MR) is 183 cm³/mol. The number of pyridine rings is 1. The second kappa shape index (κ2) is 13.4. The van der Waals surface area contributed by atoms with Gasteiger partial charge in [0.1, 0.15) is 39.7 Å². The Bertz CT molecular complexity index is 1980. The van der Waals surface area contributed by atoms with Crippen LogP contribution in [0.15, 0.2) is 55.0 Å². The van der Waals surface area contributed by atoms with Crippen molar-refractivity contribution in [3.8, 4) is 28.5 Å². The summed E-state index contributed by atoms with van der Waals surface area (Å²) in [6, 6.07) is 12.0. The third-order valence-corrected chi connectivity index (χ3v) is 10.3. The smallest absolute Gasteiger partial charge is 0.225 e. The van der Waals surface area contributed by atoms with Crippen molar-refractivity contribution in [3.63, 3.8) is 0 Å². The van der Waals surface area contributed by atoms with E-state index < -0.39 is 6.10 Å². The first-order chi connectivity index (χ1) is 23.3. The van der Waals surface area contributed by atoms with Gasteiger partial charge >= 0.3 is 0 Å². The highest BCUT2D eigenvalue weighted by Gasteiger charge is 2.31. The largest absolute Gasteiger partial charge is 0.392 e. The summed E-state index contributed by atoms with van der Waals surface area (Å²) in [5.74, 6) is 1.71. The highest BCUT2D eigenvalue weighted by Crippen LogP contribution is 2.37. The van der Waals surface area contributed by atoms with Gasteiger partial charge in [-0.15, -0.1) is 0 Å². The molecule has 2 fully saturated rings. The van der Waals surface area contributed by atoms with Crippen molar-refractivity contribution >= 4 is 39.7 Å². The van der Waals surface area contributed by atoms with Crippen LogP contribution in [0, 0.1) is 23.1 Å². The van der Waals surface area contributed by atoms with Crippen molar-refractivity contribution in [1.29, 1.82) is 5.26 Å². The van der Waals surface area contributed by atoms with Crippen LogP contribution in [0.5, 0.6) is 0 Å². The monoisotopic (exact) mass is 665 g/mol. The van der Waals surface area contributed by atoms with Crippen LogP contribution in [0.4, 0.5) is 21.3 Å². The van der Waals surface area contributed by atoms with Crippen LogP contribution < -0.4 is 15.1 Å². The number of nitrogens with zero attached hydrogens (tertiary/aromatic N) is 8. The molecule has 0 amide bonds. The molecule has 2 atom stereocenters. The maximum atomic E-state index is 13.6. The number of anilines is 3. The molecule has 6 heterocycles. The number of aromatic nitrogens is 5. The van der Waals surface area contributed by atoms with Crippen LogP contribution in [0.2, 0.25) is 0 Å². The SMILES string of the molecule is CCc1nc2ccc(-c3cnc(N4CCC(CC(=O)[C@H]5C[C@H](O)CN5)CC4)nc3)cn2c1N(C)c1nc(-c2ccc(F)cc2)c(C#N)s1. The zero-order valence-corrected chi connectivity index (χ0v) is 27.6. The minimum atomic E-state index is -0.425. The topological polar surface area (TPSA) is 136 Å². The second-order valence-electron chi connectivity index (χ2n) is 12.5. The van der Waals surface area contributed by atoms with E-state index in [0.717, 1.165) is 54.2 Å². The summed E-state index contributed by atoms with van der Waals surface area (Å²) in [6.07, 6.45) is 8.83. The average molecular weight is 666 g/mol. The normalized spacial score (nSPS) is 18.4. The van der Waals surface area contributed by atoms with Crippen molar-refractivity contribution in [2.24, 2.45) is 5.92 Å². The fourth-order valence-electron chi connectivity index (χ4n) is 6.63. The predicted octanol–water partition coefficient (Wildman–Crippen LogP) is 5.15. The number of thiazole rings is 1. The van der Waals surface area contributed by atoms with Gasteiger partial charge < -0.3 is 20.2 Å². The molecule has 4 aromatic heterocycles. The van der Waals surface area contributed by atoms with Gasteiger partial charge in [-0.05, 0) is 68.0 Å². The Labute approximate surface area is 281 Å². The summed E-state index contributed by atoms with van der Waals surface area (Å²) in [5, 5.41) is 23.4. The van der Waals surface area contributed by atoms with E-state index in [1.165, 1.54) is 23.5 Å². The minimum Gasteiger partial charge on any atom is -0.392 e. The van der Waals surface area contributed by atoms with E-state index in [9.17, 15) is 19.6 Å². The van der Waals surface area contributed by atoms with Gasteiger partial charge in [0.25, 0.3) is 0 Å². The number of rotatable bonds is 9. The van der Waals surface area contributed by atoms with Gasteiger partial charge in [-0.25, -0.2) is 24.3 Å². The number of aliphatic hydroxyl groups is 1. The Kier molecular flexibility index (Phi) is 8.87. The number of fused-ring (bicyclic) bond motifs is 1. The zero-order chi connectivity index (χ0) is 33.4. The maximum Gasteiger partial charge on any atom is 0.225 e. The number of aryl methyl sites for hydroxylation is 1. The van der Waals surface area contributed by atoms with Gasteiger partial charge in [-0.1, -0.05) is 18.3 Å². The van der Waals surface area contributed by atoms with Crippen molar-refractivity contribution in [2.75, 3.05) is 36.5 Å². The number of hydrogen-bond acceptors (Lipinski definition) is 11. The van der Waals surface area contributed by atoms with E-state index in [4.69, 9.17) is 19.9 Å². The molecule has 0 bridgehead atoms. The van der Waals surface area contributed by atoms with E-state index in [-0.39, 0.29) is 17.6 Å². The molecule has 48 heavy (non-hydrogen) atoms. The summed E-state index contributed by atoms with van der Waals surface area (Å²) in [5.41, 5.74) is 4.67. The molecule has 5 aromatic rings. The number of carbonyl (C=O) groups excluding carboxylic acids is 1. The highest BCUT2D eigenvalue weighted by atomic mass is 32.1. The number of Topliss-reactive ketones (excluding diaryl/α,β-unsaturated/α-hetero) is 1. The van der Waals surface area contributed by atoms with Gasteiger partial charge in [0.2, 0.25) is 5.95 Å². The Morgan fingerprint density at radius 2 is 1.83 bits per heavy atom. The Hall–Kier alpha value is -4.77. The molecule has 13 heteroatoms. The number of nitrogens with one attached hydrogen (secondary N) is 1. The Morgan fingerprint density at radius 3 is 2.50 bits per heavy atom. The lowest BCUT2D eigenvalue weighted by molar-refractivity contribution is -0.121. The standard InChI is InChI=1S/C35H36FN9O2S/c1-3-27-33(43(2)35-42-32(30(16-37)48-35)22-4-7-25(36)8-5-22)45-20-23(6-9-31(45)41-27)24-17-39-34(40-18-24)44-12-10-21(11-13-44)14-29(47)28-15-26(46)19-38-28/h4-9,17-18,20-21,26,28,38,46H,3,10-15,19H2,1-2H3/t26-,28+/m0/s1. The minimum absolute atomic E-state index is 0.203. The molecule has 0 unspecified atom stereocenters. The van der Waals surface area contributed by atoms with Crippen LogP contribution in [0.1, 0.15) is 43.2 Å². The lowest BCUT2D eigenvalue weighted by Gasteiger charge is -2.32. The van der Waals surface area contributed by atoms with Crippen LogP contribution in [-0.2, 0) is 11.2 Å². The van der Waals surface area contributed by atoms with Crippen molar-refractivity contribution in [3.05, 3.63) is 71.4 Å². The summed E-state index contributed by atoms with van der Waals surface area (Å²) >= 11 is 1.28. The molecule has 0 spiro atoms. The molecule has 11 nitrogen and oxygen atoms in total. The summed E-state index contributed by atoms with van der Waals surface area (Å²) < 4.78 is 15.6. The number of ketones is 1. The van der Waals surface area contributed by atoms with Crippen LogP contribution in [0.3, 0.4) is 0 Å². The molecule has 7 rings (SSSR count). The third kappa shape index (κ3) is 6.26. The van der Waals surface area contributed by atoms with E-state index >= 15 is 0 Å². The van der Waals surface area contributed by atoms with Crippen molar-refractivity contribution < 1.29 is 14.3 Å². The van der Waals surface area contributed by atoms with Crippen molar-refractivity contribution in [2.45, 2.75) is 51.2 Å². The van der Waals surface area contributed by atoms with E-state index in [0.29, 0.717) is 58.9 Å². The van der Waals surface area contributed by atoms with E-state index in [1.54, 1.807) is 12.1 Å². The molecule has 2 N–H and O–H groups in total. The number of β-amino-alcohol motifs (C(OH)–C–C–N with tert-alkyl or cyclic N) is 1. The van der Waals surface area contributed by atoms with Gasteiger partial charge in [0.15, 0.2) is 5.13 Å². The number of carbonyl (C=O) groups is 1. The molecule has 2 aliphatic rings. The number of piperidine rings is 1. The molecule has 0 aliphatic carbocycles. The number of aliphatic hydroxyl groups excluding tert-OH is 1. The first-order valence-corrected chi connectivity index (χ1v) is 17.1. The van der Waals surface area contributed by atoms with Gasteiger partial charge in [-0.3, -0.25) is 9.20 Å². The first-order valence-electron chi connectivity index (χ1n) is 16.2. The van der Waals surface area contributed by atoms with Crippen molar-refractivity contribution in [1.82, 2.24) is 29.7 Å². The van der Waals surface area contributed by atoms with E-state index in [2.05, 4.69) is 23.2 Å². The summed E-state index contributed by atoms with van der Waals surface area (Å²) in [6.45, 7) is 4.13. The van der Waals surface area contributed by atoms with Gasteiger partial charge in [-0.2, -0.15) is 5.26 Å². The lowest BCUT2D eigenvalue weighted by atomic mass is 9.89. The number of imidazole rings is 1. The Balaban J connectivity index is 1.08. The summed E-state index contributed by atoms with van der Waals surface area (Å²) in [4.78, 5) is 36.3. The zero-order valence-electron chi connectivity index (χ0n) is 26.8. The molecule has 1 aromatic carbocycles. The molecular formula is C35H36FN9O2S. The van der Waals surface area contributed by atoms with Gasteiger partial charge in [0.05, 0.1) is 17.8 Å². The average Bonchev–Trinajstić information content (AvgIpc) is 3.85. The quantitative estimate of drug-likeness (QED) is 0.218. The molecule has 0 saturated carbocycles. The number of hydrogen-bond donors (Lipinski definition) is 2. The summed E-state index contributed by atoms with van der Waals surface area (Å²) in [7, 11) is 1.91. The molecule has 2 saturated heterocycles. The number of benzene rings is 1. The molecule has 0 radical (unpaired) electrons. The lowest BCUT2D eigenvalue weighted by Crippen LogP contribution is -2.37. The highest BCUT2D eigenvalue weighted by molar-refractivity contribution is 7.16. The number of halogens is 1. The number of nitriles is 1. The molecular weight excluding hydrogens is 630 g/mol. The fraction of sp³-hybridized carbons (Fsp3) is 0.371. The molecule has 246 valence electrons. The van der Waals surface area contributed by atoms with Crippen LogP contribution >= 0.6 is 11.3 Å². The second-order valence-corrected chi connectivity index (χ2v) is 13.4. The molecule has 2 aliphatic heterocycles.